The van der Waals surface area contributed by atoms with Gasteiger partial charge in [0.25, 0.3) is 0 Å². The Morgan fingerprint density at radius 1 is 0.976 bits per heavy atom. The summed E-state index contributed by atoms with van der Waals surface area (Å²) in [5.41, 5.74) is -0.552. The molecule has 0 amide bonds. The zero-order valence-corrected chi connectivity index (χ0v) is 23.8. The second-order valence-electron chi connectivity index (χ2n) is 9.21. The third kappa shape index (κ3) is 8.19. The SMILES string of the molecule is CC(=O)OC[C@H]1O[C@@H](Oc2nn(C)c(C(F)(F)F)c2Cc2cc(C)cs2)[C@H](OC(C)=O)[C@@H](OC(C)=O)[C@@H]1OC(C)=O. The molecular formula is C25H29F3N2O10S. The monoisotopic (exact) mass is 606 g/mol. The molecule has 3 rings (SSSR count). The molecule has 5 atom stereocenters. The van der Waals surface area contributed by atoms with Crippen LogP contribution in [0.4, 0.5) is 13.2 Å². The van der Waals surface area contributed by atoms with Gasteiger partial charge in [0, 0.05) is 46.0 Å². The number of hydrogen-bond acceptors (Lipinski definition) is 12. The number of nitrogens with zero attached hydrogens (tertiary/aromatic N) is 2. The van der Waals surface area contributed by atoms with Crippen LogP contribution in [0.3, 0.4) is 0 Å². The Hall–Kier alpha value is -3.66. The van der Waals surface area contributed by atoms with Crippen molar-refractivity contribution in [2.45, 2.75) is 77.9 Å². The molecule has 1 aliphatic heterocycles. The highest BCUT2D eigenvalue weighted by Gasteiger charge is 2.54. The molecule has 41 heavy (non-hydrogen) atoms. The van der Waals surface area contributed by atoms with Crippen molar-refractivity contribution in [1.82, 2.24) is 9.78 Å². The number of rotatable bonds is 9. The summed E-state index contributed by atoms with van der Waals surface area (Å²) >= 11 is 1.24. The normalized spacial score (nSPS) is 22.5. The van der Waals surface area contributed by atoms with Gasteiger partial charge in [0.1, 0.15) is 18.4 Å². The second kappa shape index (κ2) is 12.9. The minimum absolute atomic E-state index is 0.207. The van der Waals surface area contributed by atoms with E-state index in [-0.39, 0.29) is 12.0 Å². The van der Waals surface area contributed by atoms with Crippen molar-refractivity contribution in [2.75, 3.05) is 6.61 Å². The first-order valence-corrected chi connectivity index (χ1v) is 13.1. The van der Waals surface area contributed by atoms with E-state index in [0.717, 1.165) is 40.3 Å². The van der Waals surface area contributed by atoms with Crippen molar-refractivity contribution in [3.05, 3.63) is 33.1 Å². The van der Waals surface area contributed by atoms with E-state index < -0.39 is 78.9 Å². The molecule has 0 N–H and O–H groups in total. The lowest BCUT2D eigenvalue weighted by Gasteiger charge is -2.43. The van der Waals surface area contributed by atoms with Crippen LogP contribution in [0.5, 0.6) is 5.88 Å². The number of hydrogen-bond donors (Lipinski definition) is 0. The summed E-state index contributed by atoms with van der Waals surface area (Å²) in [5.74, 6) is -3.82. The van der Waals surface area contributed by atoms with Crippen molar-refractivity contribution < 1.29 is 60.8 Å². The maximum absolute atomic E-state index is 14.1. The van der Waals surface area contributed by atoms with Gasteiger partial charge in [-0.1, -0.05) is 0 Å². The molecule has 2 aromatic heterocycles. The Labute approximate surface area is 236 Å². The number of thiophene rings is 1. The van der Waals surface area contributed by atoms with Gasteiger partial charge in [0.15, 0.2) is 12.2 Å². The fourth-order valence-electron chi connectivity index (χ4n) is 4.30. The van der Waals surface area contributed by atoms with E-state index in [0.29, 0.717) is 9.56 Å². The van der Waals surface area contributed by atoms with Crippen LogP contribution in [-0.4, -0.2) is 71.0 Å². The lowest BCUT2D eigenvalue weighted by molar-refractivity contribution is -0.289. The molecule has 0 aromatic carbocycles. The molecule has 0 saturated carbocycles. The van der Waals surface area contributed by atoms with Gasteiger partial charge >= 0.3 is 30.1 Å². The fraction of sp³-hybridized carbons (Fsp3) is 0.560. The van der Waals surface area contributed by atoms with Gasteiger partial charge in [-0.25, -0.2) is 0 Å². The average molecular weight is 607 g/mol. The van der Waals surface area contributed by atoms with Crippen molar-refractivity contribution in [3.63, 3.8) is 0 Å². The first kappa shape index (κ1) is 31.9. The molecule has 1 saturated heterocycles. The maximum atomic E-state index is 14.1. The van der Waals surface area contributed by atoms with Crippen LogP contribution in [-0.2, 0) is 62.5 Å². The summed E-state index contributed by atoms with van der Waals surface area (Å²) < 4.78 is 75.6. The zero-order valence-electron chi connectivity index (χ0n) is 23.0. The van der Waals surface area contributed by atoms with Gasteiger partial charge < -0.3 is 28.4 Å². The summed E-state index contributed by atoms with van der Waals surface area (Å²) in [5, 5.41) is 5.70. The molecule has 0 spiro atoms. The predicted octanol–water partition coefficient (Wildman–Crippen LogP) is 2.86. The Morgan fingerprint density at radius 3 is 2.07 bits per heavy atom. The number of ether oxygens (including phenoxy) is 6. The molecular weight excluding hydrogens is 577 g/mol. The number of esters is 4. The van der Waals surface area contributed by atoms with E-state index in [1.54, 1.807) is 18.4 Å². The molecule has 1 aliphatic rings. The Kier molecular flexibility index (Phi) is 10.0. The first-order valence-electron chi connectivity index (χ1n) is 12.2. The summed E-state index contributed by atoms with van der Waals surface area (Å²) in [6.07, 6.45) is -12.8. The standard InChI is InChI=1S/C25H29F3N2O10S/c1-11-7-16(41-10-11)8-17-22(25(26,27)28)30(6)29-23(17)40-24-21(38-15(5)34)20(37-14(4)33)19(36-13(3)32)18(39-24)9-35-12(2)31/h7,10,18-21,24H,8-9H2,1-6H3/t18-,19-,20+,21-,24+/m1/s1. The average Bonchev–Trinajstić information content (AvgIpc) is 3.37. The van der Waals surface area contributed by atoms with E-state index in [2.05, 4.69) is 5.10 Å². The maximum Gasteiger partial charge on any atom is 0.433 e. The molecule has 226 valence electrons. The Morgan fingerprint density at radius 2 is 1.56 bits per heavy atom. The largest absolute Gasteiger partial charge is 0.463 e. The second-order valence-corrected chi connectivity index (χ2v) is 10.2. The van der Waals surface area contributed by atoms with E-state index in [4.69, 9.17) is 28.4 Å². The number of aryl methyl sites for hydroxylation is 2. The minimum Gasteiger partial charge on any atom is -0.463 e. The highest BCUT2D eigenvalue weighted by molar-refractivity contribution is 7.10. The number of alkyl halides is 3. The molecule has 12 nitrogen and oxygen atoms in total. The van der Waals surface area contributed by atoms with Crippen LogP contribution in [0.15, 0.2) is 11.4 Å². The Bertz CT molecular complexity index is 1290. The quantitative estimate of drug-likeness (QED) is 0.307. The third-order valence-corrected chi connectivity index (χ3v) is 6.74. The van der Waals surface area contributed by atoms with E-state index >= 15 is 0 Å². The number of carbonyl (C=O) groups is 4. The van der Waals surface area contributed by atoms with E-state index in [1.165, 1.54) is 11.3 Å². The van der Waals surface area contributed by atoms with Crippen LogP contribution >= 0.6 is 11.3 Å². The third-order valence-electron chi connectivity index (χ3n) is 5.69. The lowest BCUT2D eigenvalue weighted by Crippen LogP contribution is -2.63. The topological polar surface area (TPSA) is 141 Å². The highest BCUT2D eigenvalue weighted by Crippen LogP contribution is 2.39. The summed E-state index contributed by atoms with van der Waals surface area (Å²) in [6.45, 7) is 5.49. The number of halogens is 3. The summed E-state index contributed by atoms with van der Waals surface area (Å²) in [6, 6.07) is 1.72. The van der Waals surface area contributed by atoms with Gasteiger partial charge in [-0.3, -0.25) is 23.9 Å². The van der Waals surface area contributed by atoms with E-state index in [1.807, 2.05) is 0 Å². The molecule has 0 radical (unpaired) electrons. The fourth-order valence-corrected chi connectivity index (χ4v) is 5.19. The number of aromatic nitrogens is 2. The van der Waals surface area contributed by atoms with Crippen molar-refractivity contribution in [2.24, 2.45) is 7.05 Å². The highest BCUT2D eigenvalue weighted by atomic mass is 32.1. The number of carbonyl (C=O) groups excluding carboxylic acids is 4. The van der Waals surface area contributed by atoms with Gasteiger partial charge in [-0.15, -0.1) is 16.4 Å². The molecule has 16 heteroatoms. The first-order chi connectivity index (χ1) is 19.1. The predicted molar refractivity (Wildman–Crippen MR) is 133 cm³/mol. The molecule has 0 unspecified atom stereocenters. The van der Waals surface area contributed by atoms with Crippen molar-refractivity contribution in [3.8, 4) is 5.88 Å². The van der Waals surface area contributed by atoms with Gasteiger partial charge in [0.05, 0.1) is 5.56 Å². The van der Waals surface area contributed by atoms with Gasteiger partial charge in [-0.05, 0) is 23.9 Å². The Balaban J connectivity index is 2.11. The molecule has 0 aliphatic carbocycles. The zero-order chi connectivity index (χ0) is 30.6. The van der Waals surface area contributed by atoms with Gasteiger partial charge in [0.2, 0.25) is 18.3 Å². The van der Waals surface area contributed by atoms with Crippen molar-refractivity contribution >= 4 is 35.2 Å². The minimum atomic E-state index is -4.81. The van der Waals surface area contributed by atoms with Crippen LogP contribution in [0.1, 0.15) is 49.4 Å². The molecule has 3 heterocycles. The van der Waals surface area contributed by atoms with Crippen molar-refractivity contribution in [1.29, 1.82) is 0 Å². The summed E-state index contributed by atoms with van der Waals surface area (Å²) in [4.78, 5) is 48.1. The van der Waals surface area contributed by atoms with Crippen LogP contribution in [0, 0.1) is 6.92 Å². The molecule has 0 bridgehead atoms. The lowest BCUT2D eigenvalue weighted by atomic mass is 9.98. The van der Waals surface area contributed by atoms with Crippen LogP contribution < -0.4 is 4.74 Å². The smallest absolute Gasteiger partial charge is 0.433 e. The van der Waals surface area contributed by atoms with E-state index in [9.17, 15) is 32.3 Å². The van der Waals surface area contributed by atoms with Crippen LogP contribution in [0.2, 0.25) is 0 Å². The molecule has 2 aromatic rings. The molecule has 1 fully saturated rings. The summed E-state index contributed by atoms with van der Waals surface area (Å²) in [7, 11) is 1.09. The van der Waals surface area contributed by atoms with Crippen LogP contribution in [0.25, 0.3) is 0 Å². The van der Waals surface area contributed by atoms with Gasteiger partial charge in [-0.2, -0.15) is 13.2 Å².